The molecular formula is C18H16F4N2O. The fourth-order valence-corrected chi connectivity index (χ4v) is 2.58. The summed E-state index contributed by atoms with van der Waals surface area (Å²) in [5.74, 6) is -0.322. The Bertz CT molecular complexity index is 762. The van der Waals surface area contributed by atoms with Gasteiger partial charge < -0.3 is 10.1 Å². The minimum atomic E-state index is -4.46. The van der Waals surface area contributed by atoms with E-state index in [1.54, 1.807) is 6.07 Å². The van der Waals surface area contributed by atoms with Crippen molar-refractivity contribution in [2.24, 2.45) is 0 Å². The zero-order valence-electron chi connectivity index (χ0n) is 13.2. The van der Waals surface area contributed by atoms with Crippen molar-refractivity contribution in [3.63, 3.8) is 0 Å². The van der Waals surface area contributed by atoms with E-state index < -0.39 is 17.6 Å². The summed E-state index contributed by atoms with van der Waals surface area (Å²) in [7, 11) is 0. The number of alkyl halides is 3. The molecule has 1 fully saturated rings. The number of nitrogens with zero attached hydrogens (tertiary/aromatic N) is 1. The maximum atomic E-state index is 13.8. The first-order valence-electron chi connectivity index (χ1n) is 7.82. The van der Waals surface area contributed by atoms with Gasteiger partial charge in [-0.25, -0.2) is 9.37 Å². The second-order valence-electron chi connectivity index (χ2n) is 5.76. The second-order valence-corrected chi connectivity index (χ2v) is 5.76. The predicted molar refractivity (Wildman–Crippen MR) is 85.8 cm³/mol. The number of aromatic nitrogens is 1. The first kappa shape index (κ1) is 17.4. The summed E-state index contributed by atoms with van der Waals surface area (Å²) >= 11 is 0. The van der Waals surface area contributed by atoms with Crippen LogP contribution in [0.3, 0.4) is 0 Å². The van der Waals surface area contributed by atoms with Crippen molar-refractivity contribution in [3.8, 4) is 11.6 Å². The zero-order valence-corrected chi connectivity index (χ0v) is 13.2. The van der Waals surface area contributed by atoms with E-state index in [0.29, 0.717) is 11.8 Å². The molecule has 1 aliphatic rings. The van der Waals surface area contributed by atoms with Crippen LogP contribution in [0.25, 0.3) is 6.08 Å². The quantitative estimate of drug-likeness (QED) is 0.806. The average Bonchev–Trinajstić information content (AvgIpc) is 2.55. The first-order valence-corrected chi connectivity index (χ1v) is 7.82. The van der Waals surface area contributed by atoms with Gasteiger partial charge >= 0.3 is 6.18 Å². The highest BCUT2D eigenvalue weighted by molar-refractivity contribution is 5.55. The van der Waals surface area contributed by atoms with Crippen LogP contribution in [-0.4, -0.2) is 18.1 Å². The molecule has 1 saturated heterocycles. The Morgan fingerprint density at radius 3 is 2.48 bits per heavy atom. The van der Waals surface area contributed by atoms with Crippen LogP contribution in [0, 0.1) is 5.82 Å². The molecule has 0 amide bonds. The number of halogens is 4. The smallest absolute Gasteiger partial charge is 0.417 e. The molecule has 1 N–H and O–H groups in total. The first-order chi connectivity index (χ1) is 11.9. The van der Waals surface area contributed by atoms with Crippen molar-refractivity contribution >= 4 is 6.08 Å². The Kier molecular flexibility index (Phi) is 5.03. The summed E-state index contributed by atoms with van der Waals surface area (Å²) in [6.07, 6.45) is -0.0670. The highest BCUT2D eigenvalue weighted by atomic mass is 19.4. The average molecular weight is 352 g/mol. The van der Waals surface area contributed by atoms with E-state index >= 15 is 0 Å². The molecule has 0 aliphatic carbocycles. The van der Waals surface area contributed by atoms with Gasteiger partial charge in [0, 0.05) is 18.3 Å². The summed E-state index contributed by atoms with van der Waals surface area (Å²) in [6.45, 7) is 1.78. The molecule has 3 nitrogen and oxygen atoms in total. The van der Waals surface area contributed by atoms with Gasteiger partial charge in [0.25, 0.3) is 0 Å². The van der Waals surface area contributed by atoms with Gasteiger partial charge in [0.05, 0.1) is 5.56 Å². The van der Waals surface area contributed by atoms with E-state index in [0.717, 1.165) is 38.1 Å². The van der Waals surface area contributed by atoms with Crippen LogP contribution < -0.4 is 10.1 Å². The normalized spacial score (nSPS) is 15.1. The number of pyridine rings is 1. The number of rotatable bonds is 3. The molecule has 3 rings (SSSR count). The van der Waals surface area contributed by atoms with Gasteiger partial charge in [0.1, 0.15) is 11.6 Å². The minimum Gasteiger partial charge on any atom is -0.439 e. The van der Waals surface area contributed by atoms with E-state index in [1.165, 1.54) is 17.7 Å². The predicted octanol–water partition coefficient (Wildman–Crippen LogP) is 4.80. The third-order valence-corrected chi connectivity index (χ3v) is 3.80. The van der Waals surface area contributed by atoms with Crippen molar-refractivity contribution < 1.29 is 22.3 Å². The maximum absolute atomic E-state index is 13.8. The topological polar surface area (TPSA) is 34.1 Å². The van der Waals surface area contributed by atoms with Crippen LogP contribution in [-0.2, 0) is 6.18 Å². The summed E-state index contributed by atoms with van der Waals surface area (Å²) < 4.78 is 56.8. The number of benzene rings is 1. The summed E-state index contributed by atoms with van der Waals surface area (Å²) in [4.78, 5) is 3.63. The van der Waals surface area contributed by atoms with Crippen molar-refractivity contribution in [2.75, 3.05) is 13.1 Å². The highest BCUT2D eigenvalue weighted by Crippen LogP contribution is 2.30. The molecule has 0 saturated carbocycles. The van der Waals surface area contributed by atoms with Crippen LogP contribution in [0.5, 0.6) is 11.6 Å². The van der Waals surface area contributed by atoms with E-state index in [4.69, 9.17) is 4.74 Å². The molecule has 0 radical (unpaired) electrons. The number of nitrogens with one attached hydrogen (secondary N) is 1. The fourth-order valence-electron chi connectivity index (χ4n) is 2.58. The summed E-state index contributed by atoms with van der Waals surface area (Å²) in [6, 6.07) is 6.18. The number of hydrogen-bond donors (Lipinski definition) is 1. The molecule has 0 unspecified atom stereocenters. The van der Waals surface area contributed by atoms with Gasteiger partial charge in [-0.2, -0.15) is 13.2 Å². The van der Waals surface area contributed by atoms with Crippen molar-refractivity contribution in [3.05, 3.63) is 59.0 Å². The van der Waals surface area contributed by atoms with Crippen LogP contribution in [0.2, 0.25) is 0 Å². The molecule has 0 spiro atoms. The fraction of sp³-hybridized carbons (Fsp3) is 0.278. The van der Waals surface area contributed by atoms with Gasteiger partial charge in [0.15, 0.2) is 0 Å². The third-order valence-electron chi connectivity index (χ3n) is 3.80. The van der Waals surface area contributed by atoms with E-state index in [-0.39, 0.29) is 11.6 Å². The van der Waals surface area contributed by atoms with E-state index in [9.17, 15) is 17.6 Å². The van der Waals surface area contributed by atoms with Crippen LogP contribution in [0.4, 0.5) is 17.6 Å². The standard InChI is InChI=1S/C18H16F4N2O/c19-15-8-13(7-12-3-5-23-6-4-12)9-16(10-15)25-17-2-1-14(11-24-17)18(20,21)22/h1-2,7-11,23H,3-6H2. The molecular weight excluding hydrogens is 336 g/mol. The van der Waals surface area contributed by atoms with Crippen molar-refractivity contribution in [1.82, 2.24) is 10.3 Å². The Morgan fingerprint density at radius 1 is 1.08 bits per heavy atom. The lowest BCUT2D eigenvalue weighted by atomic mass is 10.0. The van der Waals surface area contributed by atoms with Gasteiger partial charge in [-0.3, -0.25) is 0 Å². The van der Waals surface area contributed by atoms with Gasteiger partial charge in [0.2, 0.25) is 5.88 Å². The molecule has 1 aliphatic heterocycles. The SMILES string of the molecule is Fc1cc(C=C2CCNCC2)cc(Oc2ccc(C(F)(F)F)cn2)c1. The molecule has 7 heteroatoms. The summed E-state index contributed by atoms with van der Waals surface area (Å²) in [5, 5.41) is 3.24. The lowest BCUT2D eigenvalue weighted by Gasteiger charge is -2.15. The largest absolute Gasteiger partial charge is 0.439 e. The molecule has 2 aromatic rings. The molecule has 2 heterocycles. The van der Waals surface area contributed by atoms with E-state index in [2.05, 4.69) is 10.3 Å². The van der Waals surface area contributed by atoms with Gasteiger partial charge in [-0.15, -0.1) is 0 Å². The molecule has 0 atom stereocenters. The Morgan fingerprint density at radius 2 is 1.84 bits per heavy atom. The third kappa shape index (κ3) is 4.79. The Hall–Kier alpha value is -2.41. The number of hydrogen-bond acceptors (Lipinski definition) is 3. The summed E-state index contributed by atoms with van der Waals surface area (Å²) in [5.41, 5.74) is 0.997. The molecule has 25 heavy (non-hydrogen) atoms. The molecule has 132 valence electrons. The molecule has 1 aromatic heterocycles. The zero-order chi connectivity index (χ0) is 17.9. The maximum Gasteiger partial charge on any atom is 0.417 e. The molecule has 1 aromatic carbocycles. The number of piperidine rings is 1. The van der Waals surface area contributed by atoms with Crippen LogP contribution in [0.15, 0.2) is 42.1 Å². The van der Waals surface area contributed by atoms with Gasteiger partial charge in [-0.05, 0) is 49.7 Å². The Labute approximate surface area is 142 Å². The number of ether oxygens (including phenoxy) is 1. The molecule has 0 bridgehead atoms. The Balaban J connectivity index is 1.78. The highest BCUT2D eigenvalue weighted by Gasteiger charge is 2.30. The minimum absolute atomic E-state index is 0.0286. The van der Waals surface area contributed by atoms with Crippen LogP contribution in [0.1, 0.15) is 24.0 Å². The van der Waals surface area contributed by atoms with Crippen molar-refractivity contribution in [2.45, 2.75) is 19.0 Å². The van der Waals surface area contributed by atoms with Crippen molar-refractivity contribution in [1.29, 1.82) is 0 Å². The lowest BCUT2D eigenvalue weighted by molar-refractivity contribution is -0.137. The lowest BCUT2D eigenvalue weighted by Crippen LogP contribution is -2.22. The second kappa shape index (κ2) is 7.23. The van der Waals surface area contributed by atoms with E-state index in [1.807, 2.05) is 6.08 Å². The van der Waals surface area contributed by atoms with Crippen LogP contribution >= 0.6 is 0 Å². The van der Waals surface area contributed by atoms with Gasteiger partial charge in [-0.1, -0.05) is 11.6 Å². The monoisotopic (exact) mass is 352 g/mol.